The summed E-state index contributed by atoms with van der Waals surface area (Å²) in [5.41, 5.74) is 1.69. The number of carbonyl (C=O) groups is 2. The van der Waals surface area contributed by atoms with Crippen molar-refractivity contribution in [2.24, 2.45) is 0 Å². The highest BCUT2D eigenvalue weighted by molar-refractivity contribution is 6.42. The number of nitrogens with one attached hydrogen (secondary N) is 1. The summed E-state index contributed by atoms with van der Waals surface area (Å²) >= 11 is 12.2. The van der Waals surface area contributed by atoms with E-state index in [1.54, 1.807) is 30.2 Å². The average molecular weight is 491 g/mol. The van der Waals surface area contributed by atoms with E-state index in [1.807, 2.05) is 31.2 Å². The maximum atomic E-state index is 13.5. The Kier molecular flexibility index (Phi) is 9.45. The maximum absolute atomic E-state index is 13.5. The van der Waals surface area contributed by atoms with Crippen molar-refractivity contribution in [3.8, 4) is 5.75 Å². The first-order valence-corrected chi connectivity index (χ1v) is 12.3. The van der Waals surface area contributed by atoms with Crippen molar-refractivity contribution >= 4 is 35.0 Å². The SMILES string of the molecule is CC[C@H](C(=O)NC1CCCCC1)N(Cc1ccc(OC)cc1)C(=O)Cc1ccc(Cl)c(Cl)c1. The van der Waals surface area contributed by atoms with Crippen molar-refractivity contribution in [3.63, 3.8) is 0 Å². The number of rotatable bonds is 9. The first-order chi connectivity index (χ1) is 15.9. The van der Waals surface area contributed by atoms with Gasteiger partial charge in [-0.25, -0.2) is 0 Å². The van der Waals surface area contributed by atoms with Crippen LogP contribution in [0.1, 0.15) is 56.6 Å². The minimum absolute atomic E-state index is 0.0830. The van der Waals surface area contributed by atoms with Gasteiger partial charge in [0.05, 0.1) is 23.6 Å². The van der Waals surface area contributed by atoms with Crippen molar-refractivity contribution in [3.05, 3.63) is 63.6 Å². The zero-order valence-corrected chi connectivity index (χ0v) is 20.8. The molecule has 0 radical (unpaired) electrons. The fourth-order valence-electron chi connectivity index (χ4n) is 4.32. The van der Waals surface area contributed by atoms with Gasteiger partial charge in [0, 0.05) is 12.6 Å². The van der Waals surface area contributed by atoms with Gasteiger partial charge in [-0.3, -0.25) is 9.59 Å². The highest BCUT2D eigenvalue weighted by atomic mass is 35.5. The van der Waals surface area contributed by atoms with Crippen molar-refractivity contribution in [2.75, 3.05) is 7.11 Å². The number of methoxy groups -OCH3 is 1. The number of halogens is 2. The van der Waals surface area contributed by atoms with Crippen molar-refractivity contribution < 1.29 is 14.3 Å². The third kappa shape index (κ3) is 7.12. The summed E-state index contributed by atoms with van der Waals surface area (Å²) in [5, 5.41) is 4.05. The van der Waals surface area contributed by atoms with Crippen LogP contribution in [0.5, 0.6) is 5.75 Å². The smallest absolute Gasteiger partial charge is 0.243 e. The van der Waals surface area contributed by atoms with Gasteiger partial charge >= 0.3 is 0 Å². The number of ether oxygens (including phenoxy) is 1. The quantitative estimate of drug-likeness (QED) is 0.482. The van der Waals surface area contributed by atoms with Gasteiger partial charge in [-0.05, 0) is 54.7 Å². The van der Waals surface area contributed by atoms with Crippen LogP contribution in [0, 0.1) is 0 Å². The highest BCUT2D eigenvalue weighted by Gasteiger charge is 2.30. The zero-order valence-electron chi connectivity index (χ0n) is 19.3. The predicted molar refractivity (Wildman–Crippen MR) is 133 cm³/mol. The lowest BCUT2D eigenvalue weighted by atomic mass is 9.95. The molecule has 0 aliphatic heterocycles. The van der Waals surface area contributed by atoms with Gasteiger partial charge in [-0.1, -0.05) is 67.6 Å². The first kappa shape index (κ1) is 25.4. The monoisotopic (exact) mass is 490 g/mol. The van der Waals surface area contributed by atoms with Crippen LogP contribution in [-0.2, 0) is 22.6 Å². The molecule has 0 heterocycles. The Morgan fingerprint density at radius 3 is 2.30 bits per heavy atom. The number of hydrogen-bond acceptors (Lipinski definition) is 3. The number of carbonyl (C=O) groups excluding carboxylic acids is 2. The molecule has 2 amide bonds. The molecule has 1 atom stereocenters. The van der Waals surface area contributed by atoms with Crippen molar-refractivity contribution in [1.29, 1.82) is 0 Å². The van der Waals surface area contributed by atoms with E-state index in [2.05, 4.69) is 5.32 Å². The second-order valence-corrected chi connectivity index (χ2v) is 9.38. The highest BCUT2D eigenvalue weighted by Crippen LogP contribution is 2.24. The van der Waals surface area contributed by atoms with Gasteiger partial charge in [-0.15, -0.1) is 0 Å². The number of hydrogen-bond donors (Lipinski definition) is 1. The molecule has 2 aromatic carbocycles. The van der Waals surface area contributed by atoms with E-state index < -0.39 is 6.04 Å². The minimum Gasteiger partial charge on any atom is -0.497 e. The lowest BCUT2D eigenvalue weighted by Crippen LogP contribution is -2.51. The van der Waals surface area contributed by atoms with Crippen LogP contribution in [0.2, 0.25) is 10.0 Å². The van der Waals surface area contributed by atoms with Crippen LogP contribution in [0.4, 0.5) is 0 Å². The maximum Gasteiger partial charge on any atom is 0.243 e. The molecule has 178 valence electrons. The van der Waals surface area contributed by atoms with Gasteiger partial charge in [0.15, 0.2) is 0 Å². The van der Waals surface area contributed by atoms with Crippen molar-refractivity contribution in [1.82, 2.24) is 10.2 Å². The number of amides is 2. The number of nitrogens with zero attached hydrogens (tertiary/aromatic N) is 1. The van der Waals surface area contributed by atoms with Crippen LogP contribution in [0.15, 0.2) is 42.5 Å². The van der Waals surface area contributed by atoms with E-state index in [9.17, 15) is 9.59 Å². The van der Waals surface area contributed by atoms with Gasteiger partial charge in [0.1, 0.15) is 11.8 Å². The van der Waals surface area contributed by atoms with Crippen LogP contribution in [0.25, 0.3) is 0 Å². The summed E-state index contributed by atoms with van der Waals surface area (Å²) in [6.07, 6.45) is 6.15. The molecular formula is C26H32Cl2N2O3. The average Bonchev–Trinajstić information content (AvgIpc) is 2.82. The number of benzene rings is 2. The summed E-state index contributed by atoms with van der Waals surface area (Å²) < 4.78 is 5.24. The molecule has 1 aliphatic rings. The second kappa shape index (κ2) is 12.3. The van der Waals surface area contributed by atoms with Crippen LogP contribution in [-0.4, -0.2) is 35.9 Å². The van der Waals surface area contributed by atoms with Gasteiger partial charge in [-0.2, -0.15) is 0 Å². The minimum atomic E-state index is -0.552. The molecule has 3 rings (SSSR count). The summed E-state index contributed by atoms with van der Waals surface area (Å²) in [5.74, 6) is 0.532. The fraction of sp³-hybridized carbons (Fsp3) is 0.462. The van der Waals surface area contributed by atoms with E-state index in [0.29, 0.717) is 23.0 Å². The van der Waals surface area contributed by atoms with Crippen LogP contribution < -0.4 is 10.1 Å². The molecule has 7 heteroatoms. The molecule has 5 nitrogen and oxygen atoms in total. The van der Waals surface area contributed by atoms with Crippen molar-refractivity contribution in [2.45, 2.75) is 70.5 Å². The summed E-state index contributed by atoms with van der Waals surface area (Å²) in [4.78, 5) is 28.4. The zero-order chi connectivity index (χ0) is 23.8. The Labute approximate surface area is 206 Å². The molecule has 1 fully saturated rings. The molecule has 0 aromatic heterocycles. The van der Waals surface area contributed by atoms with E-state index in [4.69, 9.17) is 27.9 Å². The Balaban J connectivity index is 1.81. The van der Waals surface area contributed by atoms with Gasteiger partial charge < -0.3 is 15.0 Å². The van der Waals surface area contributed by atoms with Crippen LogP contribution in [0.3, 0.4) is 0 Å². The molecule has 1 saturated carbocycles. The fourth-order valence-corrected chi connectivity index (χ4v) is 4.64. The summed E-state index contributed by atoms with van der Waals surface area (Å²) in [6.45, 7) is 2.28. The molecule has 2 aromatic rings. The third-order valence-electron chi connectivity index (χ3n) is 6.19. The molecule has 0 saturated heterocycles. The van der Waals surface area contributed by atoms with E-state index >= 15 is 0 Å². The largest absolute Gasteiger partial charge is 0.497 e. The molecular weight excluding hydrogens is 459 g/mol. The van der Waals surface area contributed by atoms with Crippen LogP contribution >= 0.6 is 23.2 Å². The Morgan fingerprint density at radius 1 is 1.03 bits per heavy atom. The van der Waals surface area contributed by atoms with Gasteiger partial charge in [0.25, 0.3) is 0 Å². The molecule has 33 heavy (non-hydrogen) atoms. The Hall–Kier alpha value is -2.24. The lowest BCUT2D eigenvalue weighted by Gasteiger charge is -2.33. The normalized spacial score (nSPS) is 15.0. The molecule has 0 bridgehead atoms. The Morgan fingerprint density at radius 2 is 1.70 bits per heavy atom. The third-order valence-corrected chi connectivity index (χ3v) is 6.93. The molecule has 0 spiro atoms. The lowest BCUT2D eigenvalue weighted by molar-refractivity contribution is -0.141. The van der Waals surface area contributed by atoms with E-state index in [-0.39, 0.29) is 24.3 Å². The Bertz CT molecular complexity index is 943. The standard InChI is InChI=1S/C26H32Cl2N2O3/c1-3-24(26(32)29-20-7-5-4-6-8-20)30(17-18-9-12-21(33-2)13-10-18)25(31)16-19-11-14-22(27)23(28)15-19/h9-15,20,24H,3-8,16-17H2,1-2H3,(H,29,32)/t24-/m1/s1. The molecule has 1 aliphatic carbocycles. The van der Waals surface area contributed by atoms with E-state index in [0.717, 1.165) is 42.6 Å². The molecule has 1 N–H and O–H groups in total. The van der Waals surface area contributed by atoms with Gasteiger partial charge in [0.2, 0.25) is 11.8 Å². The topological polar surface area (TPSA) is 58.6 Å². The molecule has 0 unspecified atom stereocenters. The first-order valence-electron chi connectivity index (χ1n) is 11.6. The van der Waals surface area contributed by atoms with E-state index in [1.165, 1.54) is 6.42 Å². The summed E-state index contributed by atoms with van der Waals surface area (Å²) in [6, 6.07) is 12.4. The second-order valence-electron chi connectivity index (χ2n) is 8.56. The predicted octanol–water partition coefficient (Wildman–Crippen LogP) is 5.80. The summed E-state index contributed by atoms with van der Waals surface area (Å²) in [7, 11) is 1.62.